The van der Waals surface area contributed by atoms with E-state index in [4.69, 9.17) is 23.2 Å². The summed E-state index contributed by atoms with van der Waals surface area (Å²) in [5, 5.41) is 3.82. The predicted octanol–water partition coefficient (Wildman–Crippen LogP) is 9.47. The SMILES string of the molecule is Clc1ccc2c(c1)S(c1ccccc1)(c1ccccc1)c1cc(Cl)c3ccccc3c1-2. The summed E-state index contributed by atoms with van der Waals surface area (Å²) in [6.07, 6.45) is 0. The summed E-state index contributed by atoms with van der Waals surface area (Å²) in [6.45, 7) is 0. The summed E-state index contributed by atoms with van der Waals surface area (Å²) in [5.74, 6) is 0. The maximum absolute atomic E-state index is 6.90. The Morgan fingerprint density at radius 1 is 0.516 bits per heavy atom. The first-order chi connectivity index (χ1) is 15.2. The molecule has 0 bridgehead atoms. The van der Waals surface area contributed by atoms with Crippen LogP contribution in [0.2, 0.25) is 10.0 Å². The maximum Gasteiger partial charge on any atom is 0.0495 e. The summed E-state index contributed by atoms with van der Waals surface area (Å²) >= 11 is 13.5. The van der Waals surface area contributed by atoms with E-state index in [1.54, 1.807) is 0 Å². The van der Waals surface area contributed by atoms with Crippen LogP contribution in [0.5, 0.6) is 0 Å². The van der Waals surface area contributed by atoms with E-state index >= 15 is 0 Å². The van der Waals surface area contributed by atoms with Crippen molar-refractivity contribution in [3.05, 3.63) is 119 Å². The van der Waals surface area contributed by atoms with Crippen LogP contribution in [0.15, 0.2) is 129 Å². The van der Waals surface area contributed by atoms with Gasteiger partial charge < -0.3 is 0 Å². The molecule has 5 aromatic carbocycles. The number of hydrogen-bond acceptors (Lipinski definition) is 0. The minimum Gasteiger partial charge on any atom is -0.131 e. The van der Waals surface area contributed by atoms with Crippen molar-refractivity contribution in [2.75, 3.05) is 0 Å². The average Bonchev–Trinajstić information content (AvgIpc) is 3.10. The van der Waals surface area contributed by atoms with Crippen LogP contribution in [-0.4, -0.2) is 0 Å². The van der Waals surface area contributed by atoms with Crippen LogP contribution in [0.3, 0.4) is 0 Å². The number of halogens is 2. The van der Waals surface area contributed by atoms with Crippen molar-refractivity contribution in [2.24, 2.45) is 0 Å². The Bertz CT molecular complexity index is 1400. The molecular weight excluding hydrogens is 439 g/mol. The van der Waals surface area contributed by atoms with Gasteiger partial charge in [-0.1, -0.05) is 89.9 Å². The monoisotopic (exact) mass is 456 g/mol. The van der Waals surface area contributed by atoms with Crippen LogP contribution >= 0.6 is 33.2 Å². The minimum absolute atomic E-state index is 0.755. The highest BCUT2D eigenvalue weighted by atomic mass is 35.5. The predicted molar refractivity (Wildman–Crippen MR) is 133 cm³/mol. The number of rotatable bonds is 2. The molecule has 1 aliphatic rings. The van der Waals surface area contributed by atoms with E-state index in [9.17, 15) is 0 Å². The summed E-state index contributed by atoms with van der Waals surface area (Å²) < 4.78 is 0. The molecule has 0 nitrogen and oxygen atoms in total. The molecule has 0 spiro atoms. The molecule has 0 N–H and O–H groups in total. The quantitative estimate of drug-likeness (QED) is 0.243. The Morgan fingerprint density at radius 2 is 1.10 bits per heavy atom. The Balaban J connectivity index is 1.88. The zero-order valence-electron chi connectivity index (χ0n) is 16.6. The summed E-state index contributed by atoms with van der Waals surface area (Å²) in [4.78, 5) is 5.13. The topological polar surface area (TPSA) is 0 Å². The van der Waals surface area contributed by atoms with Crippen molar-refractivity contribution in [2.45, 2.75) is 19.6 Å². The van der Waals surface area contributed by atoms with Crippen LogP contribution in [0.25, 0.3) is 21.9 Å². The second kappa shape index (κ2) is 7.17. The molecule has 0 saturated heterocycles. The Kier molecular flexibility index (Phi) is 4.40. The highest BCUT2D eigenvalue weighted by molar-refractivity contribution is 8.34. The standard InChI is InChI=1S/C28H18Cl2S/c29-19-15-16-24-26(17-19)31(20-9-3-1-4-10-20,21-11-5-2-6-12-21)27-18-25(30)22-13-7-8-14-23(22)28(24)27/h1-18H. The van der Waals surface area contributed by atoms with Gasteiger partial charge in [-0.2, -0.15) is 0 Å². The molecule has 0 aromatic heterocycles. The lowest BCUT2D eigenvalue weighted by Crippen LogP contribution is -2.02. The molecule has 0 amide bonds. The summed E-state index contributed by atoms with van der Waals surface area (Å²) in [6, 6.07) is 38.6. The zero-order valence-corrected chi connectivity index (χ0v) is 18.9. The van der Waals surface area contributed by atoms with Crippen LogP contribution in [0, 0.1) is 0 Å². The molecular formula is C28H18Cl2S. The van der Waals surface area contributed by atoms with Crippen molar-refractivity contribution in [3.63, 3.8) is 0 Å². The van der Waals surface area contributed by atoms with Crippen molar-refractivity contribution in [1.82, 2.24) is 0 Å². The fourth-order valence-corrected chi connectivity index (χ4v) is 9.65. The first-order valence-corrected chi connectivity index (χ1v) is 12.5. The van der Waals surface area contributed by atoms with Gasteiger partial charge in [0.15, 0.2) is 0 Å². The number of benzene rings is 5. The zero-order chi connectivity index (χ0) is 21.0. The van der Waals surface area contributed by atoms with Gasteiger partial charge in [0.1, 0.15) is 0 Å². The normalized spacial score (nSPS) is 14.8. The largest absolute Gasteiger partial charge is 0.131 e. The molecule has 5 aromatic rings. The second-order valence-electron chi connectivity index (χ2n) is 7.66. The van der Waals surface area contributed by atoms with Crippen LogP contribution < -0.4 is 0 Å². The van der Waals surface area contributed by atoms with Gasteiger partial charge in [0, 0.05) is 40.6 Å². The lowest BCUT2D eigenvalue weighted by atomic mass is 9.98. The molecule has 6 rings (SSSR count). The molecule has 1 aliphatic heterocycles. The van der Waals surface area contributed by atoms with E-state index in [0.29, 0.717) is 0 Å². The lowest BCUT2D eigenvalue weighted by Gasteiger charge is -2.39. The van der Waals surface area contributed by atoms with Gasteiger partial charge in [0.25, 0.3) is 0 Å². The third-order valence-electron chi connectivity index (χ3n) is 6.02. The minimum atomic E-state index is -1.74. The van der Waals surface area contributed by atoms with E-state index in [0.717, 1.165) is 15.4 Å². The summed E-state index contributed by atoms with van der Waals surface area (Å²) in [5.41, 5.74) is 2.52. The van der Waals surface area contributed by atoms with Gasteiger partial charge in [-0.3, -0.25) is 0 Å². The van der Waals surface area contributed by atoms with Gasteiger partial charge >= 0.3 is 0 Å². The van der Waals surface area contributed by atoms with Crippen LogP contribution in [-0.2, 0) is 0 Å². The van der Waals surface area contributed by atoms with E-state index < -0.39 is 10.0 Å². The molecule has 0 atom stereocenters. The van der Waals surface area contributed by atoms with E-state index in [1.807, 2.05) is 12.1 Å². The molecule has 0 saturated carbocycles. The molecule has 0 fully saturated rings. The molecule has 31 heavy (non-hydrogen) atoms. The number of hydrogen-bond donors (Lipinski definition) is 0. The second-order valence-corrected chi connectivity index (χ2v) is 11.5. The van der Waals surface area contributed by atoms with Crippen LogP contribution in [0.4, 0.5) is 0 Å². The molecule has 150 valence electrons. The van der Waals surface area contributed by atoms with Gasteiger partial charge in [0.2, 0.25) is 0 Å². The number of fused-ring (bicyclic) bond motifs is 5. The maximum atomic E-state index is 6.90. The summed E-state index contributed by atoms with van der Waals surface area (Å²) in [7, 11) is -1.74. The first kappa shape index (κ1) is 19.0. The first-order valence-electron chi connectivity index (χ1n) is 10.2. The van der Waals surface area contributed by atoms with Gasteiger partial charge in [-0.25, -0.2) is 0 Å². The van der Waals surface area contributed by atoms with E-state index in [-0.39, 0.29) is 0 Å². The van der Waals surface area contributed by atoms with E-state index in [2.05, 4.69) is 97.1 Å². The highest BCUT2D eigenvalue weighted by Crippen LogP contribution is 2.80. The Hall–Kier alpha value is -2.71. The molecule has 1 heterocycles. The molecule has 0 radical (unpaired) electrons. The van der Waals surface area contributed by atoms with Crippen molar-refractivity contribution in [3.8, 4) is 11.1 Å². The van der Waals surface area contributed by atoms with Gasteiger partial charge in [-0.05, 0) is 53.4 Å². The fraction of sp³-hybridized carbons (Fsp3) is 0. The van der Waals surface area contributed by atoms with Crippen LogP contribution in [0.1, 0.15) is 0 Å². The Morgan fingerprint density at radius 3 is 1.74 bits per heavy atom. The van der Waals surface area contributed by atoms with Gasteiger partial charge in [-0.15, -0.1) is 10.0 Å². The van der Waals surface area contributed by atoms with Crippen molar-refractivity contribution in [1.29, 1.82) is 0 Å². The van der Waals surface area contributed by atoms with Crippen molar-refractivity contribution < 1.29 is 0 Å². The highest BCUT2D eigenvalue weighted by Gasteiger charge is 2.43. The Labute approximate surface area is 193 Å². The average molecular weight is 457 g/mol. The lowest BCUT2D eigenvalue weighted by molar-refractivity contribution is 1.29. The third kappa shape index (κ3) is 2.64. The molecule has 0 unspecified atom stereocenters. The molecule has 3 heteroatoms. The smallest absolute Gasteiger partial charge is 0.0495 e. The van der Waals surface area contributed by atoms with E-state index in [1.165, 1.54) is 36.1 Å². The van der Waals surface area contributed by atoms with Crippen molar-refractivity contribution >= 4 is 44.0 Å². The molecule has 0 aliphatic carbocycles. The fourth-order valence-electron chi connectivity index (χ4n) is 4.79. The van der Waals surface area contributed by atoms with Gasteiger partial charge in [0.05, 0.1) is 0 Å². The third-order valence-corrected chi connectivity index (χ3v) is 10.5.